The second-order valence-corrected chi connectivity index (χ2v) is 2.20. The van der Waals surface area contributed by atoms with Crippen LogP contribution in [0.1, 0.15) is 21.0 Å². The van der Waals surface area contributed by atoms with Crippen molar-refractivity contribution >= 4 is 11.9 Å². The van der Waals surface area contributed by atoms with Crippen LogP contribution in [0.2, 0.25) is 0 Å². The number of esters is 1. The number of H-pyrrole nitrogens is 1. The molecule has 0 radical (unpaired) electrons. The first-order valence-electron chi connectivity index (χ1n) is 3.54. The molecule has 1 amide bonds. The van der Waals surface area contributed by atoms with E-state index in [1.54, 1.807) is 0 Å². The summed E-state index contributed by atoms with van der Waals surface area (Å²) in [6.07, 6.45) is 1.26. The van der Waals surface area contributed by atoms with Crippen LogP contribution in [0.25, 0.3) is 0 Å². The summed E-state index contributed by atoms with van der Waals surface area (Å²) in [7, 11) is 2.69. The molecule has 0 aliphatic rings. The van der Waals surface area contributed by atoms with Crippen LogP contribution in [0.5, 0.6) is 0 Å². The molecular formula is C7H9N3O3. The Morgan fingerprint density at radius 2 is 2.31 bits per heavy atom. The monoisotopic (exact) mass is 183 g/mol. The molecule has 1 aromatic rings. The summed E-state index contributed by atoms with van der Waals surface area (Å²) in [4.78, 5) is 28.4. The van der Waals surface area contributed by atoms with Gasteiger partial charge in [0.15, 0.2) is 5.69 Å². The first-order chi connectivity index (χ1) is 6.20. The summed E-state index contributed by atoms with van der Waals surface area (Å²) in [6.45, 7) is 0. The molecule has 0 fully saturated rings. The predicted molar refractivity (Wildman–Crippen MR) is 43.3 cm³/mol. The Morgan fingerprint density at radius 3 is 2.85 bits per heavy atom. The Bertz CT molecular complexity index is 301. The zero-order valence-electron chi connectivity index (χ0n) is 7.25. The predicted octanol–water partition coefficient (Wildman–Crippen LogP) is -0.444. The van der Waals surface area contributed by atoms with Crippen molar-refractivity contribution in [1.82, 2.24) is 15.3 Å². The minimum absolute atomic E-state index is 0.0122. The van der Waals surface area contributed by atoms with Crippen molar-refractivity contribution in [1.29, 1.82) is 0 Å². The van der Waals surface area contributed by atoms with Gasteiger partial charge in [0.05, 0.1) is 13.4 Å². The van der Waals surface area contributed by atoms with Crippen LogP contribution >= 0.6 is 0 Å². The number of carbonyl (C=O) groups is 2. The van der Waals surface area contributed by atoms with Gasteiger partial charge in [-0.05, 0) is 0 Å². The summed E-state index contributed by atoms with van der Waals surface area (Å²) in [6, 6.07) is 0. The Kier molecular flexibility index (Phi) is 2.63. The molecule has 13 heavy (non-hydrogen) atoms. The third-order valence-electron chi connectivity index (χ3n) is 1.47. The average Bonchev–Trinajstić information content (AvgIpc) is 2.63. The van der Waals surface area contributed by atoms with Gasteiger partial charge in [0.2, 0.25) is 0 Å². The van der Waals surface area contributed by atoms with Crippen molar-refractivity contribution in [3.63, 3.8) is 0 Å². The SMILES string of the molecule is CNC(=O)c1[nH]cnc1C(=O)OC. The summed E-state index contributed by atoms with van der Waals surface area (Å²) in [5, 5.41) is 2.37. The number of imidazole rings is 1. The summed E-state index contributed by atoms with van der Waals surface area (Å²) >= 11 is 0. The number of hydrogen-bond donors (Lipinski definition) is 2. The van der Waals surface area contributed by atoms with Crippen molar-refractivity contribution < 1.29 is 14.3 Å². The average molecular weight is 183 g/mol. The van der Waals surface area contributed by atoms with E-state index in [1.165, 1.54) is 20.5 Å². The maximum absolute atomic E-state index is 11.1. The lowest BCUT2D eigenvalue weighted by Gasteiger charge is -1.98. The number of aromatic nitrogens is 2. The topological polar surface area (TPSA) is 84.1 Å². The number of ether oxygens (including phenoxy) is 1. The molecule has 1 aromatic heterocycles. The highest BCUT2D eigenvalue weighted by Crippen LogP contribution is 2.03. The smallest absolute Gasteiger partial charge is 0.359 e. The standard InChI is InChI=1S/C7H9N3O3/c1-8-6(11)4-5(7(12)13-2)10-3-9-4/h3H,1-2H3,(H,8,11)(H,9,10). The van der Waals surface area contributed by atoms with Crippen molar-refractivity contribution in [2.45, 2.75) is 0 Å². The Labute approximate surface area is 74.3 Å². The number of aromatic amines is 1. The quantitative estimate of drug-likeness (QED) is 0.608. The van der Waals surface area contributed by atoms with Gasteiger partial charge in [0.1, 0.15) is 5.69 Å². The van der Waals surface area contributed by atoms with Crippen molar-refractivity contribution in [2.24, 2.45) is 0 Å². The molecule has 6 nitrogen and oxygen atoms in total. The first-order valence-corrected chi connectivity index (χ1v) is 3.54. The van der Waals surface area contributed by atoms with Crippen LogP contribution < -0.4 is 5.32 Å². The number of carbonyl (C=O) groups excluding carboxylic acids is 2. The first kappa shape index (κ1) is 9.24. The molecule has 1 rings (SSSR count). The molecule has 0 spiro atoms. The second-order valence-electron chi connectivity index (χ2n) is 2.20. The van der Waals surface area contributed by atoms with Gasteiger partial charge >= 0.3 is 5.97 Å². The number of amides is 1. The zero-order valence-corrected chi connectivity index (χ0v) is 7.25. The largest absolute Gasteiger partial charge is 0.464 e. The fourth-order valence-corrected chi connectivity index (χ4v) is 0.844. The highest BCUT2D eigenvalue weighted by molar-refractivity contribution is 6.02. The molecule has 0 atom stereocenters. The van der Waals surface area contributed by atoms with E-state index in [2.05, 4.69) is 20.0 Å². The van der Waals surface area contributed by atoms with Gasteiger partial charge in [-0.1, -0.05) is 0 Å². The van der Waals surface area contributed by atoms with Crippen LogP contribution in [0.15, 0.2) is 6.33 Å². The molecule has 0 saturated carbocycles. The van der Waals surface area contributed by atoms with Crippen LogP contribution in [-0.4, -0.2) is 36.0 Å². The van der Waals surface area contributed by atoms with E-state index in [0.717, 1.165) is 0 Å². The van der Waals surface area contributed by atoms with E-state index in [0.29, 0.717) is 0 Å². The van der Waals surface area contributed by atoms with E-state index < -0.39 is 11.9 Å². The lowest BCUT2D eigenvalue weighted by atomic mass is 10.3. The van der Waals surface area contributed by atoms with Crippen LogP contribution in [0, 0.1) is 0 Å². The minimum atomic E-state index is -0.639. The van der Waals surface area contributed by atoms with Gasteiger partial charge in [-0.15, -0.1) is 0 Å². The van der Waals surface area contributed by atoms with Gasteiger partial charge in [0.25, 0.3) is 5.91 Å². The Morgan fingerprint density at radius 1 is 1.62 bits per heavy atom. The maximum Gasteiger partial charge on any atom is 0.359 e. The van der Waals surface area contributed by atoms with Crippen LogP contribution in [0.3, 0.4) is 0 Å². The number of rotatable bonds is 2. The maximum atomic E-state index is 11.1. The lowest BCUT2D eigenvalue weighted by Crippen LogP contribution is -2.21. The molecule has 1 heterocycles. The van der Waals surface area contributed by atoms with Gasteiger partial charge in [-0.25, -0.2) is 9.78 Å². The van der Waals surface area contributed by atoms with Gasteiger partial charge in [0, 0.05) is 7.05 Å². The van der Waals surface area contributed by atoms with Crippen LogP contribution in [-0.2, 0) is 4.74 Å². The Balaban J connectivity index is 3.02. The Hall–Kier alpha value is -1.85. The number of nitrogens with one attached hydrogen (secondary N) is 2. The molecule has 0 unspecified atom stereocenters. The van der Waals surface area contributed by atoms with Crippen LogP contribution in [0.4, 0.5) is 0 Å². The normalized spacial score (nSPS) is 9.38. The highest BCUT2D eigenvalue weighted by Gasteiger charge is 2.19. The summed E-state index contributed by atoms with van der Waals surface area (Å²) in [5.41, 5.74) is 0.0937. The lowest BCUT2D eigenvalue weighted by molar-refractivity contribution is 0.0590. The van der Waals surface area contributed by atoms with Gasteiger partial charge in [-0.3, -0.25) is 4.79 Å². The molecule has 0 saturated heterocycles. The number of methoxy groups -OCH3 is 1. The summed E-state index contributed by atoms with van der Waals surface area (Å²) in [5.74, 6) is -1.04. The molecule has 0 aliphatic carbocycles. The molecule has 70 valence electrons. The van der Waals surface area contributed by atoms with E-state index in [4.69, 9.17) is 0 Å². The van der Waals surface area contributed by atoms with E-state index in [-0.39, 0.29) is 11.4 Å². The molecule has 2 N–H and O–H groups in total. The van der Waals surface area contributed by atoms with Gasteiger partial charge < -0.3 is 15.0 Å². The number of hydrogen-bond acceptors (Lipinski definition) is 4. The fourth-order valence-electron chi connectivity index (χ4n) is 0.844. The molecule has 0 aromatic carbocycles. The van der Waals surface area contributed by atoms with Crippen molar-refractivity contribution in [2.75, 3.05) is 14.2 Å². The van der Waals surface area contributed by atoms with E-state index in [9.17, 15) is 9.59 Å². The molecular weight excluding hydrogens is 174 g/mol. The van der Waals surface area contributed by atoms with Crippen molar-refractivity contribution in [3.05, 3.63) is 17.7 Å². The molecule has 0 bridgehead atoms. The highest BCUT2D eigenvalue weighted by atomic mass is 16.5. The fraction of sp³-hybridized carbons (Fsp3) is 0.286. The third kappa shape index (κ3) is 1.66. The zero-order chi connectivity index (χ0) is 9.84. The van der Waals surface area contributed by atoms with Crippen molar-refractivity contribution in [3.8, 4) is 0 Å². The minimum Gasteiger partial charge on any atom is -0.464 e. The number of nitrogens with zero attached hydrogens (tertiary/aromatic N) is 1. The third-order valence-corrected chi connectivity index (χ3v) is 1.47. The van der Waals surface area contributed by atoms with Gasteiger partial charge in [-0.2, -0.15) is 0 Å². The second kappa shape index (κ2) is 3.70. The van der Waals surface area contributed by atoms with E-state index >= 15 is 0 Å². The molecule has 6 heteroatoms. The summed E-state index contributed by atoms with van der Waals surface area (Å²) < 4.78 is 4.43. The molecule has 0 aliphatic heterocycles. The van der Waals surface area contributed by atoms with E-state index in [1.807, 2.05) is 0 Å².